The normalized spacial score (nSPS) is 10.4. The summed E-state index contributed by atoms with van der Waals surface area (Å²) in [4.78, 5) is 10.9. The second-order valence-electron chi connectivity index (χ2n) is 3.97. The number of benzene rings is 1. The lowest BCUT2D eigenvalue weighted by Gasteiger charge is -2.07. The lowest BCUT2D eigenvalue weighted by molar-refractivity contribution is 0.0696. The maximum Gasteiger partial charge on any atom is 0.339 e. The lowest BCUT2D eigenvalue weighted by atomic mass is 10.3. The van der Waals surface area contributed by atoms with Gasteiger partial charge in [-0.15, -0.1) is 0 Å². The molecule has 2 rings (SSSR count). The van der Waals surface area contributed by atoms with Crippen LogP contribution < -0.4 is 4.74 Å². The van der Waals surface area contributed by atoms with Crippen LogP contribution in [0.3, 0.4) is 0 Å². The molecule has 0 spiro atoms. The molecule has 1 aromatic heterocycles. The predicted octanol–water partition coefficient (Wildman–Crippen LogP) is 2.73. The number of hydrogen-bond donors (Lipinski definition) is 1. The molecule has 0 bridgehead atoms. The van der Waals surface area contributed by atoms with E-state index in [4.69, 9.17) is 9.84 Å². The lowest BCUT2D eigenvalue weighted by Crippen LogP contribution is -2.11. The largest absolute Gasteiger partial charge is 0.492 e. The summed E-state index contributed by atoms with van der Waals surface area (Å²) in [7, 11) is 0. The zero-order valence-corrected chi connectivity index (χ0v) is 11.9. The number of carboxylic acid groups (broad SMARTS) is 1. The Morgan fingerprint density at radius 3 is 2.68 bits per heavy atom. The van der Waals surface area contributed by atoms with E-state index in [1.165, 1.54) is 6.20 Å². The van der Waals surface area contributed by atoms with Crippen LogP contribution in [0.2, 0.25) is 0 Å². The summed E-state index contributed by atoms with van der Waals surface area (Å²) in [5.41, 5.74) is 0.857. The maximum absolute atomic E-state index is 10.9. The highest BCUT2D eigenvalue weighted by molar-refractivity contribution is 9.10. The molecule has 2 aromatic rings. The second kappa shape index (κ2) is 5.88. The van der Waals surface area contributed by atoms with Gasteiger partial charge in [-0.25, -0.2) is 4.79 Å². The minimum atomic E-state index is -0.961. The molecule has 6 heteroatoms. The minimum Gasteiger partial charge on any atom is -0.492 e. The van der Waals surface area contributed by atoms with Crippen LogP contribution in [-0.2, 0) is 6.54 Å². The summed E-state index contributed by atoms with van der Waals surface area (Å²) in [5, 5.41) is 12.9. The highest BCUT2D eigenvalue weighted by atomic mass is 79.9. The second-order valence-corrected chi connectivity index (χ2v) is 4.89. The third-order valence-corrected chi connectivity index (χ3v) is 3.25. The molecule has 5 nitrogen and oxygen atoms in total. The average molecular weight is 325 g/mol. The number of carboxylic acids is 1. The van der Waals surface area contributed by atoms with Gasteiger partial charge in [-0.1, -0.05) is 15.9 Å². The van der Waals surface area contributed by atoms with E-state index in [9.17, 15) is 4.79 Å². The van der Waals surface area contributed by atoms with Crippen molar-refractivity contribution in [2.45, 2.75) is 13.5 Å². The van der Waals surface area contributed by atoms with Crippen LogP contribution in [0.4, 0.5) is 0 Å². The molecule has 1 aromatic carbocycles. The van der Waals surface area contributed by atoms with E-state index in [-0.39, 0.29) is 5.56 Å². The first-order valence-electron chi connectivity index (χ1n) is 5.72. The quantitative estimate of drug-likeness (QED) is 0.918. The smallest absolute Gasteiger partial charge is 0.339 e. The van der Waals surface area contributed by atoms with Crippen molar-refractivity contribution in [1.82, 2.24) is 9.78 Å². The van der Waals surface area contributed by atoms with Gasteiger partial charge in [0.1, 0.15) is 17.9 Å². The Bertz CT molecular complexity index is 578. The van der Waals surface area contributed by atoms with Gasteiger partial charge in [-0.05, 0) is 31.2 Å². The number of rotatable bonds is 5. The molecule has 0 aliphatic carbocycles. The average Bonchev–Trinajstić information content (AvgIpc) is 2.74. The fraction of sp³-hybridized carbons (Fsp3) is 0.231. The molecule has 1 heterocycles. The van der Waals surface area contributed by atoms with Gasteiger partial charge in [-0.2, -0.15) is 5.10 Å². The number of ether oxygens (including phenoxy) is 1. The standard InChI is InChI=1S/C13H13BrN2O3/c1-9-12(13(17)18)8-15-16(9)6-7-19-11-4-2-10(14)3-5-11/h2-5,8H,6-7H2,1H3,(H,17,18). The molecule has 100 valence electrons. The summed E-state index contributed by atoms with van der Waals surface area (Å²) < 4.78 is 8.18. The SMILES string of the molecule is Cc1c(C(=O)O)cnn1CCOc1ccc(Br)cc1. The molecule has 19 heavy (non-hydrogen) atoms. The van der Waals surface area contributed by atoms with Crippen LogP contribution in [0.15, 0.2) is 34.9 Å². The van der Waals surface area contributed by atoms with Gasteiger partial charge in [0, 0.05) is 10.2 Å². The van der Waals surface area contributed by atoms with E-state index in [1.807, 2.05) is 24.3 Å². The fourth-order valence-electron chi connectivity index (χ4n) is 1.66. The van der Waals surface area contributed by atoms with E-state index in [0.717, 1.165) is 10.2 Å². The van der Waals surface area contributed by atoms with Crippen LogP contribution in [0, 0.1) is 6.92 Å². The summed E-state index contributed by atoms with van der Waals surface area (Å²) in [6.45, 7) is 2.68. The monoisotopic (exact) mass is 324 g/mol. The molecule has 0 atom stereocenters. The third-order valence-electron chi connectivity index (χ3n) is 2.72. The van der Waals surface area contributed by atoms with Gasteiger partial charge < -0.3 is 9.84 Å². The molecule has 0 aliphatic heterocycles. The van der Waals surface area contributed by atoms with Gasteiger partial charge >= 0.3 is 5.97 Å². The first-order valence-corrected chi connectivity index (χ1v) is 6.51. The zero-order valence-electron chi connectivity index (χ0n) is 10.3. The van der Waals surface area contributed by atoms with Crippen molar-refractivity contribution < 1.29 is 14.6 Å². The molecule has 1 N–H and O–H groups in total. The van der Waals surface area contributed by atoms with E-state index >= 15 is 0 Å². The van der Waals surface area contributed by atoms with Gasteiger partial charge in [0.15, 0.2) is 0 Å². The summed E-state index contributed by atoms with van der Waals surface area (Å²) in [6.07, 6.45) is 1.36. The topological polar surface area (TPSA) is 64.3 Å². The Labute approximate surface area is 118 Å². The Morgan fingerprint density at radius 1 is 1.42 bits per heavy atom. The molecular formula is C13H13BrN2O3. The first-order chi connectivity index (χ1) is 9.08. The molecule has 0 radical (unpaired) electrons. The van der Waals surface area contributed by atoms with Crippen LogP contribution >= 0.6 is 15.9 Å². The molecule has 0 unspecified atom stereocenters. The van der Waals surface area contributed by atoms with Crippen molar-refractivity contribution in [3.05, 3.63) is 46.2 Å². The van der Waals surface area contributed by atoms with Crippen LogP contribution in [0.25, 0.3) is 0 Å². The predicted molar refractivity (Wildman–Crippen MR) is 73.6 cm³/mol. The van der Waals surface area contributed by atoms with Gasteiger partial charge in [0.2, 0.25) is 0 Å². The Kier molecular flexibility index (Phi) is 4.21. The highest BCUT2D eigenvalue weighted by Gasteiger charge is 2.12. The number of nitrogens with zero attached hydrogens (tertiary/aromatic N) is 2. The van der Waals surface area contributed by atoms with Crippen LogP contribution in [0.5, 0.6) is 5.75 Å². The molecule has 0 amide bonds. The maximum atomic E-state index is 10.9. The number of hydrogen-bond acceptors (Lipinski definition) is 3. The Balaban J connectivity index is 1.92. The molecule has 0 saturated heterocycles. The van der Waals surface area contributed by atoms with Crippen molar-refractivity contribution in [3.8, 4) is 5.75 Å². The number of halogens is 1. The molecule has 0 aliphatic rings. The highest BCUT2D eigenvalue weighted by Crippen LogP contribution is 2.16. The van der Waals surface area contributed by atoms with E-state index in [1.54, 1.807) is 11.6 Å². The summed E-state index contributed by atoms with van der Waals surface area (Å²) in [5.74, 6) is -0.191. The van der Waals surface area contributed by atoms with Crippen LogP contribution in [0.1, 0.15) is 16.1 Å². The molecule has 0 saturated carbocycles. The first kappa shape index (κ1) is 13.6. The van der Waals surface area contributed by atoms with E-state index < -0.39 is 5.97 Å². The number of carbonyl (C=O) groups is 1. The van der Waals surface area contributed by atoms with E-state index in [0.29, 0.717) is 18.8 Å². The summed E-state index contributed by atoms with van der Waals surface area (Å²) in [6, 6.07) is 7.53. The van der Waals surface area contributed by atoms with E-state index in [2.05, 4.69) is 21.0 Å². The number of aromatic carboxylic acids is 1. The Morgan fingerprint density at radius 2 is 2.11 bits per heavy atom. The third kappa shape index (κ3) is 3.35. The van der Waals surface area contributed by atoms with Crippen molar-refractivity contribution in [1.29, 1.82) is 0 Å². The van der Waals surface area contributed by atoms with Crippen molar-refractivity contribution in [3.63, 3.8) is 0 Å². The fourth-order valence-corrected chi connectivity index (χ4v) is 1.93. The van der Waals surface area contributed by atoms with Gasteiger partial charge in [0.05, 0.1) is 12.7 Å². The van der Waals surface area contributed by atoms with Gasteiger partial charge in [-0.3, -0.25) is 4.68 Å². The zero-order chi connectivity index (χ0) is 13.8. The van der Waals surface area contributed by atoms with Crippen LogP contribution in [-0.4, -0.2) is 27.5 Å². The van der Waals surface area contributed by atoms with Crippen molar-refractivity contribution in [2.24, 2.45) is 0 Å². The Hall–Kier alpha value is -1.82. The molecule has 0 fully saturated rings. The van der Waals surface area contributed by atoms with Crippen molar-refractivity contribution >= 4 is 21.9 Å². The number of aromatic nitrogens is 2. The van der Waals surface area contributed by atoms with Gasteiger partial charge in [0.25, 0.3) is 0 Å². The minimum absolute atomic E-state index is 0.226. The summed E-state index contributed by atoms with van der Waals surface area (Å²) >= 11 is 3.35. The van der Waals surface area contributed by atoms with Crippen molar-refractivity contribution in [2.75, 3.05) is 6.61 Å². The molecular weight excluding hydrogens is 312 g/mol.